The molecule has 0 aliphatic heterocycles. The van der Waals surface area contributed by atoms with Crippen LogP contribution in [0, 0.1) is 27.7 Å². The highest BCUT2D eigenvalue weighted by atomic mass is 16.3. The summed E-state index contributed by atoms with van der Waals surface area (Å²) in [5, 5.41) is 4.71. The Morgan fingerprint density at radius 3 is 2.20 bits per heavy atom. The molecule has 6 rings (SSSR count). The normalized spacial score (nSPS) is 12.0. The second-order valence-electron chi connectivity index (χ2n) is 8.44. The molecule has 0 spiro atoms. The van der Waals surface area contributed by atoms with Gasteiger partial charge >= 0.3 is 0 Å². The van der Waals surface area contributed by atoms with Crippen molar-refractivity contribution < 1.29 is 8.83 Å². The number of hydrogen-bond donors (Lipinski definition) is 0. The van der Waals surface area contributed by atoms with Crippen LogP contribution < -0.4 is 0 Å². The van der Waals surface area contributed by atoms with Gasteiger partial charge in [-0.1, -0.05) is 36.4 Å². The molecule has 0 atom stereocenters. The number of fused-ring (bicyclic) bond motifs is 6. The predicted molar refractivity (Wildman–Crippen MR) is 125 cm³/mol. The van der Waals surface area contributed by atoms with Gasteiger partial charge in [0, 0.05) is 27.1 Å². The molecule has 146 valence electrons. The van der Waals surface area contributed by atoms with Gasteiger partial charge in [-0.2, -0.15) is 0 Å². The maximum absolute atomic E-state index is 6.32. The summed E-state index contributed by atoms with van der Waals surface area (Å²) in [5.74, 6) is 0. The van der Waals surface area contributed by atoms with Crippen LogP contribution in [0.2, 0.25) is 0 Å². The third kappa shape index (κ3) is 2.31. The summed E-state index contributed by atoms with van der Waals surface area (Å²) in [6.07, 6.45) is 0. The van der Waals surface area contributed by atoms with Crippen LogP contribution >= 0.6 is 0 Å². The third-order valence-electron chi connectivity index (χ3n) is 6.33. The fourth-order valence-corrected chi connectivity index (χ4v) is 4.85. The van der Waals surface area contributed by atoms with E-state index in [-0.39, 0.29) is 0 Å². The SMILES string of the molecule is Cc1cc(C)c2oc3cc(-c4ccc5c(oc6c(C)cccc65)c4C)ccc3c2c1. The molecule has 2 nitrogen and oxygen atoms in total. The molecule has 0 saturated heterocycles. The fraction of sp³-hybridized carbons (Fsp3) is 0.143. The highest BCUT2D eigenvalue weighted by Crippen LogP contribution is 2.39. The van der Waals surface area contributed by atoms with Crippen molar-refractivity contribution in [3.8, 4) is 11.1 Å². The van der Waals surface area contributed by atoms with Crippen molar-refractivity contribution in [2.45, 2.75) is 27.7 Å². The summed E-state index contributed by atoms with van der Waals surface area (Å²) in [6.45, 7) is 8.49. The van der Waals surface area contributed by atoms with Crippen LogP contribution in [0.1, 0.15) is 22.3 Å². The lowest BCUT2D eigenvalue weighted by molar-refractivity contribution is 0.662. The molecule has 0 fully saturated rings. The topological polar surface area (TPSA) is 26.3 Å². The Morgan fingerprint density at radius 1 is 0.567 bits per heavy atom. The van der Waals surface area contributed by atoms with Gasteiger partial charge in [0.1, 0.15) is 22.3 Å². The van der Waals surface area contributed by atoms with Crippen molar-refractivity contribution in [1.29, 1.82) is 0 Å². The largest absolute Gasteiger partial charge is 0.456 e. The summed E-state index contributed by atoms with van der Waals surface area (Å²) in [6, 6.07) is 21.6. The first-order chi connectivity index (χ1) is 14.5. The van der Waals surface area contributed by atoms with Gasteiger partial charge in [0.2, 0.25) is 0 Å². The van der Waals surface area contributed by atoms with Gasteiger partial charge < -0.3 is 8.83 Å². The average molecular weight is 390 g/mol. The predicted octanol–water partition coefficient (Wildman–Crippen LogP) is 8.39. The fourth-order valence-electron chi connectivity index (χ4n) is 4.85. The van der Waals surface area contributed by atoms with Crippen LogP contribution in [0.25, 0.3) is 55.0 Å². The van der Waals surface area contributed by atoms with E-state index in [0.717, 1.165) is 33.5 Å². The number of para-hydroxylation sites is 1. The molecule has 0 saturated carbocycles. The van der Waals surface area contributed by atoms with Gasteiger partial charge in [-0.3, -0.25) is 0 Å². The molecule has 0 bridgehead atoms. The van der Waals surface area contributed by atoms with Crippen molar-refractivity contribution in [3.63, 3.8) is 0 Å². The summed E-state index contributed by atoms with van der Waals surface area (Å²) in [7, 11) is 0. The smallest absolute Gasteiger partial charge is 0.138 e. The number of furan rings is 2. The van der Waals surface area contributed by atoms with Gasteiger partial charge in [-0.05, 0) is 79.8 Å². The van der Waals surface area contributed by atoms with Crippen LogP contribution in [-0.2, 0) is 0 Å². The minimum atomic E-state index is 0.927. The minimum Gasteiger partial charge on any atom is -0.456 e. The molecule has 2 aromatic heterocycles. The van der Waals surface area contributed by atoms with Crippen LogP contribution in [0.3, 0.4) is 0 Å². The summed E-state index contributed by atoms with van der Waals surface area (Å²) >= 11 is 0. The van der Waals surface area contributed by atoms with Crippen LogP contribution in [0.15, 0.2) is 69.5 Å². The molecular formula is C28H22O2. The van der Waals surface area contributed by atoms with Crippen LogP contribution in [-0.4, -0.2) is 0 Å². The maximum atomic E-state index is 6.32. The van der Waals surface area contributed by atoms with E-state index in [1.54, 1.807) is 0 Å². The molecule has 0 amide bonds. The van der Waals surface area contributed by atoms with Gasteiger partial charge in [0.15, 0.2) is 0 Å². The molecule has 0 N–H and O–H groups in total. The van der Waals surface area contributed by atoms with Crippen molar-refractivity contribution in [3.05, 3.63) is 82.9 Å². The van der Waals surface area contributed by atoms with E-state index >= 15 is 0 Å². The maximum Gasteiger partial charge on any atom is 0.138 e. The number of hydrogen-bond acceptors (Lipinski definition) is 2. The van der Waals surface area contributed by atoms with Crippen LogP contribution in [0.4, 0.5) is 0 Å². The molecule has 2 heteroatoms. The monoisotopic (exact) mass is 390 g/mol. The molecular weight excluding hydrogens is 368 g/mol. The molecule has 0 radical (unpaired) electrons. The molecule has 4 aromatic carbocycles. The van der Waals surface area contributed by atoms with E-state index in [2.05, 4.69) is 88.4 Å². The van der Waals surface area contributed by atoms with E-state index in [0.29, 0.717) is 0 Å². The lowest BCUT2D eigenvalue weighted by Crippen LogP contribution is -1.84. The first-order valence-electron chi connectivity index (χ1n) is 10.4. The Balaban J connectivity index is 1.60. The van der Waals surface area contributed by atoms with Gasteiger partial charge in [-0.15, -0.1) is 0 Å². The Morgan fingerprint density at radius 2 is 1.33 bits per heavy atom. The summed E-state index contributed by atoms with van der Waals surface area (Å²) in [5.41, 5.74) is 10.9. The van der Waals surface area contributed by atoms with E-state index in [9.17, 15) is 0 Å². The molecule has 0 aliphatic carbocycles. The first-order valence-corrected chi connectivity index (χ1v) is 10.4. The highest BCUT2D eigenvalue weighted by Gasteiger charge is 2.16. The number of benzene rings is 4. The summed E-state index contributed by atoms with van der Waals surface area (Å²) in [4.78, 5) is 0. The molecule has 0 unspecified atom stereocenters. The van der Waals surface area contributed by atoms with E-state index < -0.39 is 0 Å². The zero-order valence-electron chi connectivity index (χ0n) is 17.6. The lowest BCUT2D eigenvalue weighted by Gasteiger charge is -2.07. The molecule has 30 heavy (non-hydrogen) atoms. The Hall–Kier alpha value is -3.52. The van der Waals surface area contributed by atoms with Crippen molar-refractivity contribution in [1.82, 2.24) is 0 Å². The zero-order valence-corrected chi connectivity index (χ0v) is 17.6. The Kier molecular flexibility index (Phi) is 3.47. The van der Waals surface area contributed by atoms with Gasteiger partial charge in [-0.25, -0.2) is 0 Å². The van der Waals surface area contributed by atoms with Crippen molar-refractivity contribution in [2.24, 2.45) is 0 Å². The van der Waals surface area contributed by atoms with Crippen molar-refractivity contribution in [2.75, 3.05) is 0 Å². The van der Waals surface area contributed by atoms with Crippen LogP contribution in [0.5, 0.6) is 0 Å². The van der Waals surface area contributed by atoms with E-state index in [1.165, 1.54) is 43.8 Å². The Bertz CT molecular complexity index is 1630. The minimum absolute atomic E-state index is 0.927. The standard InChI is InChI=1S/C28H22O2/c1-15-12-17(3)27-24(13-15)21-9-8-19(14-25(21)29-27)20-10-11-23-22-7-5-6-16(2)26(22)30-28(23)18(20)4/h5-14H,1-4H3. The number of aryl methyl sites for hydroxylation is 4. The Labute approximate surface area is 174 Å². The molecule has 0 aliphatic rings. The highest BCUT2D eigenvalue weighted by molar-refractivity contribution is 6.09. The second kappa shape index (κ2) is 5.99. The zero-order chi connectivity index (χ0) is 20.6. The third-order valence-corrected chi connectivity index (χ3v) is 6.33. The van der Waals surface area contributed by atoms with E-state index in [1.807, 2.05) is 0 Å². The van der Waals surface area contributed by atoms with Crippen molar-refractivity contribution >= 4 is 43.9 Å². The van der Waals surface area contributed by atoms with Gasteiger partial charge in [0.25, 0.3) is 0 Å². The number of rotatable bonds is 1. The summed E-state index contributed by atoms with van der Waals surface area (Å²) < 4.78 is 12.6. The van der Waals surface area contributed by atoms with E-state index in [4.69, 9.17) is 8.83 Å². The molecule has 6 aromatic rings. The molecule has 2 heterocycles. The quantitative estimate of drug-likeness (QED) is 0.282. The van der Waals surface area contributed by atoms with Gasteiger partial charge in [0.05, 0.1) is 0 Å². The second-order valence-corrected chi connectivity index (χ2v) is 8.44. The average Bonchev–Trinajstić information content (AvgIpc) is 3.28. The lowest BCUT2D eigenvalue weighted by atomic mass is 9.97. The first kappa shape index (κ1) is 17.3.